The molecule has 1 heterocycles. The van der Waals surface area contributed by atoms with E-state index in [-0.39, 0.29) is 0 Å². The van der Waals surface area contributed by atoms with Gasteiger partial charge in [-0.3, -0.25) is 0 Å². The second-order valence-corrected chi connectivity index (χ2v) is 7.60. The fourth-order valence-electron chi connectivity index (χ4n) is 2.14. The van der Waals surface area contributed by atoms with Gasteiger partial charge in [0, 0.05) is 17.6 Å². The van der Waals surface area contributed by atoms with Crippen molar-refractivity contribution in [2.24, 2.45) is 0 Å². The maximum Gasteiger partial charge on any atom is 0.241 e. The summed E-state index contributed by atoms with van der Waals surface area (Å²) in [5.74, 6) is 0. The highest BCUT2D eigenvalue weighted by Crippen LogP contribution is 2.24. The minimum atomic E-state index is -3.46. The van der Waals surface area contributed by atoms with Gasteiger partial charge in [-0.1, -0.05) is 27.6 Å². The third-order valence-corrected chi connectivity index (χ3v) is 5.79. The summed E-state index contributed by atoms with van der Waals surface area (Å²) in [6.07, 6.45) is 2.94. The summed E-state index contributed by atoms with van der Waals surface area (Å²) < 4.78 is 28.4. The van der Waals surface area contributed by atoms with Gasteiger partial charge in [-0.15, -0.1) is 0 Å². The molecule has 0 saturated heterocycles. The van der Waals surface area contributed by atoms with Gasteiger partial charge in [-0.2, -0.15) is 0 Å². The Morgan fingerprint density at radius 3 is 2.70 bits per heavy atom. The minimum absolute atomic E-state index is 0.354. The quantitative estimate of drug-likeness (QED) is 0.811. The molecule has 0 atom stereocenters. The van der Waals surface area contributed by atoms with E-state index in [1.807, 2.05) is 26.0 Å². The molecule has 0 unspecified atom stereocenters. The maximum atomic E-state index is 12.4. The van der Waals surface area contributed by atoms with Crippen molar-refractivity contribution in [1.82, 2.24) is 10.0 Å². The summed E-state index contributed by atoms with van der Waals surface area (Å²) >= 11 is 3.42. The molecule has 1 aromatic carbocycles. The molecule has 2 N–H and O–H groups in total. The van der Waals surface area contributed by atoms with Gasteiger partial charge in [0.1, 0.15) is 0 Å². The molecule has 0 saturated carbocycles. The fraction of sp³-hybridized carbons (Fsp3) is 0.429. The van der Waals surface area contributed by atoms with Crippen LogP contribution in [0.1, 0.15) is 17.5 Å². The maximum absolute atomic E-state index is 12.4. The molecule has 0 aromatic heterocycles. The molecule has 0 fully saturated rings. The van der Waals surface area contributed by atoms with Crippen molar-refractivity contribution in [2.75, 3.05) is 19.6 Å². The summed E-state index contributed by atoms with van der Waals surface area (Å²) in [5.41, 5.74) is 2.80. The Hall–Kier alpha value is -0.690. The lowest BCUT2D eigenvalue weighted by atomic mass is 10.1. The lowest BCUT2D eigenvalue weighted by molar-refractivity contribution is 0.581. The predicted octanol–water partition coefficient (Wildman–Crippen LogP) is 2.26. The minimum Gasteiger partial charge on any atom is -0.313 e. The van der Waals surface area contributed by atoms with E-state index in [0.29, 0.717) is 11.4 Å². The number of benzene rings is 1. The highest BCUT2D eigenvalue weighted by Gasteiger charge is 2.18. The van der Waals surface area contributed by atoms with E-state index < -0.39 is 10.0 Å². The van der Waals surface area contributed by atoms with Crippen LogP contribution < -0.4 is 10.0 Å². The topological polar surface area (TPSA) is 58.2 Å². The number of sulfonamides is 1. The average molecular weight is 359 g/mol. The molecular weight excluding hydrogens is 340 g/mol. The molecule has 1 aliphatic rings. The summed E-state index contributed by atoms with van der Waals surface area (Å²) in [6.45, 7) is 5.80. The molecule has 0 bridgehead atoms. The standard InChI is InChI=1S/C14H19BrN2O2S/c1-10-8-14(11(2)7-13(10)15)20(18,19)17-9-12-3-5-16-6-4-12/h3,7-8,16-17H,4-6,9H2,1-2H3. The van der Waals surface area contributed by atoms with Gasteiger partial charge in [-0.25, -0.2) is 13.1 Å². The zero-order chi connectivity index (χ0) is 14.8. The fourth-order valence-corrected chi connectivity index (χ4v) is 3.94. The van der Waals surface area contributed by atoms with Crippen LogP contribution in [0.4, 0.5) is 0 Å². The van der Waals surface area contributed by atoms with E-state index >= 15 is 0 Å². The van der Waals surface area contributed by atoms with Gasteiger partial charge < -0.3 is 5.32 Å². The number of halogens is 1. The summed E-state index contributed by atoms with van der Waals surface area (Å²) in [5, 5.41) is 3.21. The lowest BCUT2D eigenvalue weighted by Gasteiger charge is -2.16. The smallest absolute Gasteiger partial charge is 0.241 e. The van der Waals surface area contributed by atoms with Crippen molar-refractivity contribution in [3.05, 3.63) is 39.4 Å². The van der Waals surface area contributed by atoms with Crippen molar-refractivity contribution >= 4 is 26.0 Å². The van der Waals surface area contributed by atoms with Crippen molar-refractivity contribution in [2.45, 2.75) is 25.2 Å². The van der Waals surface area contributed by atoms with Crippen molar-refractivity contribution < 1.29 is 8.42 Å². The first-order valence-corrected chi connectivity index (χ1v) is 8.83. The Balaban J connectivity index is 2.18. The molecule has 110 valence electrons. The molecule has 1 aliphatic heterocycles. The molecular formula is C14H19BrN2O2S. The average Bonchev–Trinajstić information content (AvgIpc) is 2.42. The van der Waals surface area contributed by atoms with Crippen molar-refractivity contribution in [3.8, 4) is 0 Å². The molecule has 0 spiro atoms. The first-order valence-electron chi connectivity index (χ1n) is 6.55. The zero-order valence-corrected chi connectivity index (χ0v) is 14.1. The van der Waals surface area contributed by atoms with E-state index in [1.54, 1.807) is 6.07 Å². The number of aryl methyl sites for hydroxylation is 2. The summed E-state index contributed by atoms with van der Waals surface area (Å²) in [4.78, 5) is 0.354. The number of nitrogens with one attached hydrogen (secondary N) is 2. The van der Waals surface area contributed by atoms with Crippen LogP contribution in [0.5, 0.6) is 0 Å². The van der Waals surface area contributed by atoms with Gasteiger partial charge in [0.05, 0.1) is 4.90 Å². The first kappa shape index (κ1) is 15.7. The molecule has 4 nitrogen and oxygen atoms in total. The Morgan fingerprint density at radius 1 is 1.30 bits per heavy atom. The van der Waals surface area contributed by atoms with Crippen molar-refractivity contribution in [3.63, 3.8) is 0 Å². The van der Waals surface area contributed by atoms with Crippen molar-refractivity contribution in [1.29, 1.82) is 0 Å². The van der Waals surface area contributed by atoms with Gasteiger partial charge in [0.25, 0.3) is 0 Å². The summed E-state index contributed by atoms with van der Waals surface area (Å²) in [6, 6.07) is 3.55. The molecule has 1 aromatic rings. The Labute approximate surface area is 128 Å². The van der Waals surface area contributed by atoms with Crippen LogP contribution in [-0.2, 0) is 10.0 Å². The van der Waals surface area contributed by atoms with Gasteiger partial charge in [0.15, 0.2) is 0 Å². The second-order valence-electron chi connectivity index (χ2n) is 5.01. The molecule has 0 aliphatic carbocycles. The van der Waals surface area contributed by atoms with Crippen LogP contribution in [0.25, 0.3) is 0 Å². The van der Waals surface area contributed by atoms with Gasteiger partial charge >= 0.3 is 0 Å². The molecule has 20 heavy (non-hydrogen) atoms. The van der Waals surface area contributed by atoms with Crippen LogP contribution in [-0.4, -0.2) is 28.1 Å². The van der Waals surface area contributed by atoms with Gasteiger partial charge in [0.2, 0.25) is 10.0 Å². The molecule has 0 radical (unpaired) electrons. The second kappa shape index (κ2) is 6.39. The highest BCUT2D eigenvalue weighted by molar-refractivity contribution is 9.10. The Kier molecular flexibility index (Phi) is 5.01. The molecule has 6 heteroatoms. The van der Waals surface area contributed by atoms with E-state index in [1.165, 1.54) is 0 Å². The third kappa shape index (κ3) is 3.69. The Morgan fingerprint density at radius 2 is 2.05 bits per heavy atom. The van der Waals surface area contributed by atoms with E-state index in [2.05, 4.69) is 26.0 Å². The van der Waals surface area contributed by atoms with Crippen LogP contribution in [0.15, 0.2) is 33.2 Å². The third-order valence-electron chi connectivity index (χ3n) is 3.39. The predicted molar refractivity (Wildman–Crippen MR) is 84.4 cm³/mol. The number of hydrogen-bond donors (Lipinski definition) is 2. The van der Waals surface area contributed by atoms with E-state index in [4.69, 9.17) is 0 Å². The number of hydrogen-bond acceptors (Lipinski definition) is 3. The Bertz CT molecular complexity index is 639. The van der Waals surface area contributed by atoms with Gasteiger partial charge in [-0.05, 0) is 50.1 Å². The largest absolute Gasteiger partial charge is 0.313 e. The SMILES string of the molecule is Cc1cc(S(=O)(=O)NCC2=CCNCC2)c(C)cc1Br. The normalized spacial score (nSPS) is 16.1. The van der Waals surface area contributed by atoms with Crippen LogP contribution in [0.2, 0.25) is 0 Å². The van der Waals surface area contributed by atoms with Crippen LogP contribution in [0, 0.1) is 13.8 Å². The van der Waals surface area contributed by atoms with E-state index in [0.717, 1.165) is 40.7 Å². The van der Waals surface area contributed by atoms with Crippen LogP contribution >= 0.6 is 15.9 Å². The monoisotopic (exact) mass is 358 g/mol. The number of rotatable bonds is 4. The van der Waals surface area contributed by atoms with Crippen LogP contribution in [0.3, 0.4) is 0 Å². The summed E-state index contributed by atoms with van der Waals surface area (Å²) in [7, 11) is -3.46. The van der Waals surface area contributed by atoms with E-state index in [9.17, 15) is 8.42 Å². The molecule has 2 rings (SSSR count). The zero-order valence-electron chi connectivity index (χ0n) is 11.7. The highest BCUT2D eigenvalue weighted by atomic mass is 79.9. The lowest BCUT2D eigenvalue weighted by Crippen LogP contribution is -2.30. The molecule has 0 amide bonds. The first-order chi connectivity index (χ1) is 9.40.